The van der Waals surface area contributed by atoms with Crippen molar-refractivity contribution in [3.63, 3.8) is 0 Å². The Morgan fingerprint density at radius 1 is 0.944 bits per heavy atom. The molecule has 0 aliphatic rings. The molecule has 0 unspecified atom stereocenters. The topological polar surface area (TPSA) is 72.6 Å². The molecular formula is C30H29N3O3. The van der Waals surface area contributed by atoms with E-state index in [2.05, 4.69) is 26.9 Å². The average molecular weight is 480 g/mol. The predicted octanol–water partition coefficient (Wildman–Crippen LogP) is 7.21. The van der Waals surface area contributed by atoms with Gasteiger partial charge in [0.15, 0.2) is 5.70 Å². The molecule has 3 rings (SSSR count). The Morgan fingerprint density at radius 3 is 2.31 bits per heavy atom. The zero-order valence-corrected chi connectivity index (χ0v) is 21.0. The van der Waals surface area contributed by atoms with Crippen molar-refractivity contribution in [1.29, 1.82) is 0 Å². The summed E-state index contributed by atoms with van der Waals surface area (Å²) in [5, 5.41) is 0. The zero-order chi connectivity index (χ0) is 25.8. The van der Waals surface area contributed by atoms with Gasteiger partial charge >= 0.3 is 5.97 Å². The molecule has 3 aromatic rings. The number of carbonyl (C=O) groups excluding carboxylic acids is 1. The fraction of sp³-hybridized carbons (Fsp3) is 0.200. The predicted molar refractivity (Wildman–Crippen MR) is 146 cm³/mol. The van der Waals surface area contributed by atoms with Crippen LogP contribution < -0.4 is 4.74 Å². The van der Waals surface area contributed by atoms with E-state index >= 15 is 0 Å². The first-order valence-corrected chi connectivity index (χ1v) is 11.7. The lowest BCUT2D eigenvalue weighted by molar-refractivity contribution is -0.138. The summed E-state index contributed by atoms with van der Waals surface area (Å²) in [6.07, 6.45) is 2.42. The summed E-state index contributed by atoms with van der Waals surface area (Å²) in [4.78, 5) is 25.6. The molecule has 0 saturated carbocycles. The van der Waals surface area contributed by atoms with E-state index in [0.29, 0.717) is 11.4 Å². The second kappa shape index (κ2) is 13.4. The van der Waals surface area contributed by atoms with E-state index in [1.54, 1.807) is 20.1 Å². The van der Waals surface area contributed by atoms with E-state index in [0.717, 1.165) is 34.4 Å². The second-order valence-electron chi connectivity index (χ2n) is 7.73. The van der Waals surface area contributed by atoms with Gasteiger partial charge in [-0.15, -0.1) is 0 Å². The third-order valence-corrected chi connectivity index (χ3v) is 5.26. The number of hydrogen-bond donors (Lipinski definition) is 0. The van der Waals surface area contributed by atoms with Crippen molar-refractivity contribution >= 4 is 40.9 Å². The third-order valence-electron chi connectivity index (χ3n) is 5.26. The quantitative estimate of drug-likeness (QED) is 0.185. The Kier molecular flexibility index (Phi) is 9.72. The first kappa shape index (κ1) is 26.1. The van der Waals surface area contributed by atoms with Crippen LogP contribution in [0.15, 0.2) is 93.5 Å². The van der Waals surface area contributed by atoms with Crippen molar-refractivity contribution in [1.82, 2.24) is 0 Å². The van der Waals surface area contributed by atoms with Gasteiger partial charge in [0.1, 0.15) is 11.8 Å². The Balaban J connectivity index is 1.96. The van der Waals surface area contributed by atoms with Crippen molar-refractivity contribution in [3.05, 3.63) is 95.2 Å². The molecule has 0 aliphatic carbocycles. The van der Waals surface area contributed by atoms with Gasteiger partial charge < -0.3 is 9.47 Å². The maximum Gasteiger partial charge on any atom is 0.357 e. The molecule has 0 spiro atoms. The lowest BCUT2D eigenvalue weighted by Gasteiger charge is -2.05. The summed E-state index contributed by atoms with van der Waals surface area (Å²) in [7, 11) is 1.62. The number of hydrogen-bond acceptors (Lipinski definition) is 6. The molecule has 0 aromatic heterocycles. The average Bonchev–Trinajstić information content (AvgIpc) is 2.91. The SMILES string of the molecule is CCOC(=O)/C(=C/c1cc(N=C=Nc2ccc(OC)cc2)ccc1C)N=C=C(CC)c1ccccc1. The highest BCUT2D eigenvalue weighted by molar-refractivity contribution is 5.98. The van der Waals surface area contributed by atoms with Gasteiger partial charge in [0.2, 0.25) is 0 Å². The van der Waals surface area contributed by atoms with E-state index in [-0.39, 0.29) is 12.3 Å². The third kappa shape index (κ3) is 7.51. The standard InChI is InChI=1S/C30H29N3O3/c1-5-23(24-10-8-7-9-11-24)20-31-29(30(34)36-6-2)19-25-18-27(13-12-22(25)3)33-21-32-26-14-16-28(35-4)17-15-26/h7-19H,5-6H2,1-4H3/b29-19-. The molecule has 182 valence electrons. The van der Waals surface area contributed by atoms with E-state index < -0.39 is 5.97 Å². The van der Waals surface area contributed by atoms with Gasteiger partial charge in [-0.1, -0.05) is 43.3 Å². The smallest absolute Gasteiger partial charge is 0.357 e. The van der Waals surface area contributed by atoms with Crippen LogP contribution in [0, 0.1) is 6.92 Å². The summed E-state index contributed by atoms with van der Waals surface area (Å²) in [6, 6.07) is 25.5. The van der Waals surface area contributed by atoms with Crippen molar-refractivity contribution in [3.8, 4) is 5.75 Å². The molecule has 6 nitrogen and oxygen atoms in total. The highest BCUT2D eigenvalue weighted by Crippen LogP contribution is 2.22. The lowest BCUT2D eigenvalue weighted by atomic mass is 10.1. The fourth-order valence-corrected chi connectivity index (χ4v) is 3.25. The van der Waals surface area contributed by atoms with Crippen LogP contribution in [0.3, 0.4) is 0 Å². The normalized spacial score (nSPS) is 10.5. The van der Waals surface area contributed by atoms with E-state index in [1.165, 1.54) is 0 Å². The maximum absolute atomic E-state index is 12.7. The van der Waals surface area contributed by atoms with Crippen molar-refractivity contribution in [2.45, 2.75) is 27.2 Å². The number of allylic oxidation sites excluding steroid dienone is 1. The summed E-state index contributed by atoms with van der Waals surface area (Å²) in [6.45, 7) is 5.99. The van der Waals surface area contributed by atoms with Gasteiger partial charge in [0.05, 0.1) is 25.1 Å². The van der Waals surface area contributed by atoms with Crippen LogP contribution in [0.25, 0.3) is 11.6 Å². The highest BCUT2D eigenvalue weighted by atomic mass is 16.5. The summed E-state index contributed by atoms with van der Waals surface area (Å²) >= 11 is 0. The number of carbonyl (C=O) groups is 1. The molecule has 0 bridgehead atoms. The number of methoxy groups -OCH3 is 1. The Bertz CT molecular complexity index is 1340. The van der Waals surface area contributed by atoms with E-state index in [1.807, 2.05) is 86.6 Å². The van der Waals surface area contributed by atoms with Gasteiger partial charge in [0, 0.05) is 5.57 Å². The Morgan fingerprint density at radius 2 is 1.64 bits per heavy atom. The van der Waals surface area contributed by atoms with E-state index in [4.69, 9.17) is 9.47 Å². The van der Waals surface area contributed by atoms with Crippen LogP contribution in [0.4, 0.5) is 11.4 Å². The number of benzene rings is 3. The number of nitrogens with zero attached hydrogens (tertiary/aromatic N) is 3. The minimum absolute atomic E-state index is 0.162. The molecule has 0 amide bonds. The molecule has 6 heteroatoms. The van der Waals surface area contributed by atoms with Crippen molar-refractivity contribution in [2.24, 2.45) is 15.0 Å². The summed E-state index contributed by atoms with van der Waals surface area (Å²) < 4.78 is 10.4. The summed E-state index contributed by atoms with van der Waals surface area (Å²) in [5.41, 5.74) is 5.17. The first-order valence-electron chi connectivity index (χ1n) is 11.7. The molecule has 36 heavy (non-hydrogen) atoms. The minimum Gasteiger partial charge on any atom is -0.497 e. The molecule has 3 aromatic carbocycles. The number of ether oxygens (including phenoxy) is 2. The fourth-order valence-electron chi connectivity index (χ4n) is 3.25. The van der Waals surface area contributed by atoms with Crippen LogP contribution >= 0.6 is 0 Å². The largest absolute Gasteiger partial charge is 0.497 e. The molecule has 0 atom stereocenters. The number of aryl methyl sites for hydroxylation is 1. The van der Waals surface area contributed by atoms with E-state index in [9.17, 15) is 4.79 Å². The molecule has 0 N–H and O–H groups in total. The van der Waals surface area contributed by atoms with Gasteiger partial charge in [-0.05, 0) is 85.3 Å². The zero-order valence-electron chi connectivity index (χ0n) is 21.0. The second-order valence-corrected chi connectivity index (χ2v) is 7.73. The Labute approximate surface area is 212 Å². The number of rotatable bonds is 9. The molecule has 0 heterocycles. The van der Waals surface area contributed by atoms with Gasteiger partial charge in [-0.3, -0.25) is 0 Å². The highest BCUT2D eigenvalue weighted by Gasteiger charge is 2.11. The summed E-state index contributed by atoms with van der Waals surface area (Å²) in [5.74, 6) is 3.30. The van der Waals surface area contributed by atoms with Crippen LogP contribution in [-0.4, -0.2) is 31.6 Å². The minimum atomic E-state index is -0.511. The lowest BCUT2D eigenvalue weighted by Crippen LogP contribution is -2.06. The molecular weight excluding hydrogens is 450 g/mol. The molecule has 0 aliphatic heterocycles. The van der Waals surface area contributed by atoms with Gasteiger partial charge in [-0.25, -0.2) is 4.79 Å². The van der Waals surface area contributed by atoms with Crippen LogP contribution in [0.1, 0.15) is 37.0 Å². The van der Waals surface area contributed by atoms with Crippen LogP contribution in [0.2, 0.25) is 0 Å². The molecule has 0 fully saturated rings. The Hall–Kier alpha value is -4.50. The van der Waals surface area contributed by atoms with Gasteiger partial charge in [0.25, 0.3) is 0 Å². The number of aliphatic imine (C=N–C) groups is 3. The first-order chi connectivity index (χ1) is 17.5. The van der Waals surface area contributed by atoms with Crippen LogP contribution in [0.5, 0.6) is 5.75 Å². The maximum atomic E-state index is 12.7. The van der Waals surface area contributed by atoms with Crippen molar-refractivity contribution in [2.75, 3.05) is 13.7 Å². The van der Waals surface area contributed by atoms with Gasteiger partial charge in [-0.2, -0.15) is 15.0 Å². The van der Waals surface area contributed by atoms with Crippen molar-refractivity contribution < 1.29 is 14.3 Å². The molecule has 0 saturated heterocycles. The van der Waals surface area contributed by atoms with Crippen LogP contribution in [-0.2, 0) is 9.53 Å². The molecule has 0 radical (unpaired) electrons. The number of esters is 1. The monoisotopic (exact) mass is 479 g/mol.